The highest BCUT2D eigenvalue weighted by atomic mass is 19.1. The summed E-state index contributed by atoms with van der Waals surface area (Å²) in [5, 5.41) is 0. The SMILES string of the molecule is COCc1cc(C(=O)O[C@@H](C)c2cnccn2)ccc1F. The Balaban J connectivity index is 2.11. The number of carbonyl (C=O) groups is 1. The van der Waals surface area contributed by atoms with E-state index in [0.29, 0.717) is 11.3 Å². The number of hydrogen-bond donors (Lipinski definition) is 0. The Labute approximate surface area is 121 Å². The van der Waals surface area contributed by atoms with Crippen LogP contribution >= 0.6 is 0 Å². The second kappa shape index (κ2) is 6.90. The van der Waals surface area contributed by atoms with Crippen molar-refractivity contribution in [3.05, 3.63) is 59.4 Å². The van der Waals surface area contributed by atoms with E-state index in [1.165, 1.54) is 43.9 Å². The number of carbonyl (C=O) groups excluding carboxylic acids is 1. The van der Waals surface area contributed by atoms with E-state index in [4.69, 9.17) is 9.47 Å². The molecule has 2 aromatic rings. The number of ether oxygens (including phenoxy) is 2. The van der Waals surface area contributed by atoms with E-state index in [1.54, 1.807) is 6.92 Å². The van der Waals surface area contributed by atoms with Crippen LogP contribution in [0.4, 0.5) is 4.39 Å². The number of esters is 1. The first-order valence-electron chi connectivity index (χ1n) is 6.36. The maximum atomic E-state index is 13.5. The van der Waals surface area contributed by atoms with Crippen molar-refractivity contribution in [1.82, 2.24) is 9.97 Å². The average molecular weight is 290 g/mol. The molecular formula is C15H15FN2O3. The third-order valence-electron chi connectivity index (χ3n) is 2.86. The standard InChI is InChI=1S/C15H15FN2O3/c1-10(14-8-17-5-6-18-14)21-15(19)11-3-4-13(16)12(7-11)9-20-2/h3-8,10H,9H2,1-2H3/t10-/m0/s1. The van der Waals surface area contributed by atoms with Crippen molar-refractivity contribution in [3.63, 3.8) is 0 Å². The predicted octanol–water partition coefficient (Wildman–Crippen LogP) is 2.68. The van der Waals surface area contributed by atoms with Gasteiger partial charge in [-0.25, -0.2) is 9.18 Å². The Morgan fingerprint density at radius 2 is 2.19 bits per heavy atom. The van der Waals surface area contributed by atoms with Crippen molar-refractivity contribution in [1.29, 1.82) is 0 Å². The van der Waals surface area contributed by atoms with Gasteiger partial charge in [-0.1, -0.05) is 0 Å². The van der Waals surface area contributed by atoms with Crippen molar-refractivity contribution in [3.8, 4) is 0 Å². The zero-order valence-corrected chi connectivity index (χ0v) is 11.7. The molecule has 1 aromatic heterocycles. The van der Waals surface area contributed by atoms with Crippen LogP contribution in [-0.2, 0) is 16.1 Å². The molecule has 2 rings (SSSR count). The molecule has 110 valence electrons. The summed E-state index contributed by atoms with van der Waals surface area (Å²) in [6, 6.07) is 4.02. The largest absolute Gasteiger partial charge is 0.452 e. The summed E-state index contributed by atoms with van der Waals surface area (Å²) in [5.41, 5.74) is 1.11. The molecule has 0 aliphatic rings. The van der Waals surface area contributed by atoms with Crippen molar-refractivity contribution in [2.75, 3.05) is 7.11 Å². The molecule has 21 heavy (non-hydrogen) atoms. The van der Waals surface area contributed by atoms with Crippen LogP contribution in [0.2, 0.25) is 0 Å². The van der Waals surface area contributed by atoms with E-state index in [9.17, 15) is 9.18 Å². The zero-order chi connectivity index (χ0) is 15.2. The van der Waals surface area contributed by atoms with Crippen molar-refractivity contribution in [2.45, 2.75) is 19.6 Å². The molecular weight excluding hydrogens is 275 g/mol. The van der Waals surface area contributed by atoms with Gasteiger partial charge < -0.3 is 9.47 Å². The normalized spacial score (nSPS) is 12.0. The van der Waals surface area contributed by atoms with E-state index in [2.05, 4.69) is 9.97 Å². The number of nitrogens with zero attached hydrogens (tertiary/aromatic N) is 2. The Morgan fingerprint density at radius 1 is 1.38 bits per heavy atom. The third kappa shape index (κ3) is 3.82. The van der Waals surface area contributed by atoms with Crippen LogP contribution in [0, 0.1) is 5.82 Å². The molecule has 0 saturated heterocycles. The predicted molar refractivity (Wildman–Crippen MR) is 73.0 cm³/mol. The van der Waals surface area contributed by atoms with Crippen LogP contribution in [0.1, 0.15) is 34.6 Å². The summed E-state index contributed by atoms with van der Waals surface area (Å²) < 4.78 is 23.7. The van der Waals surface area contributed by atoms with Crippen LogP contribution in [0.15, 0.2) is 36.8 Å². The van der Waals surface area contributed by atoms with E-state index in [1.807, 2.05) is 0 Å². The second-order valence-corrected chi connectivity index (χ2v) is 4.42. The number of methoxy groups -OCH3 is 1. The molecule has 6 heteroatoms. The van der Waals surface area contributed by atoms with Gasteiger partial charge in [-0.3, -0.25) is 9.97 Å². The molecule has 0 amide bonds. The monoisotopic (exact) mass is 290 g/mol. The third-order valence-corrected chi connectivity index (χ3v) is 2.86. The van der Waals surface area contributed by atoms with Gasteiger partial charge in [0.2, 0.25) is 0 Å². The topological polar surface area (TPSA) is 61.3 Å². The summed E-state index contributed by atoms with van der Waals surface area (Å²) in [4.78, 5) is 20.0. The molecule has 0 radical (unpaired) electrons. The van der Waals surface area contributed by atoms with Gasteiger partial charge in [0.05, 0.1) is 24.1 Å². The number of hydrogen-bond acceptors (Lipinski definition) is 5. The molecule has 5 nitrogen and oxygen atoms in total. The van der Waals surface area contributed by atoms with Gasteiger partial charge in [0.1, 0.15) is 11.9 Å². The zero-order valence-electron chi connectivity index (χ0n) is 11.7. The van der Waals surface area contributed by atoms with E-state index in [0.717, 1.165) is 0 Å². The minimum absolute atomic E-state index is 0.0899. The van der Waals surface area contributed by atoms with Gasteiger partial charge >= 0.3 is 5.97 Å². The molecule has 0 fully saturated rings. The van der Waals surface area contributed by atoms with Crippen LogP contribution in [0.5, 0.6) is 0 Å². The number of aromatic nitrogens is 2. The molecule has 1 aromatic carbocycles. The fraction of sp³-hybridized carbons (Fsp3) is 0.267. The van der Waals surface area contributed by atoms with Crippen LogP contribution < -0.4 is 0 Å². The highest BCUT2D eigenvalue weighted by Gasteiger charge is 2.16. The lowest BCUT2D eigenvalue weighted by atomic mass is 10.1. The summed E-state index contributed by atoms with van der Waals surface area (Å²) in [6.07, 6.45) is 4.05. The van der Waals surface area contributed by atoms with Crippen LogP contribution in [0.3, 0.4) is 0 Å². The fourth-order valence-corrected chi connectivity index (χ4v) is 1.78. The first-order valence-corrected chi connectivity index (χ1v) is 6.36. The smallest absolute Gasteiger partial charge is 0.338 e. The Kier molecular flexibility index (Phi) is 4.94. The van der Waals surface area contributed by atoms with E-state index < -0.39 is 17.9 Å². The molecule has 1 atom stereocenters. The van der Waals surface area contributed by atoms with E-state index >= 15 is 0 Å². The van der Waals surface area contributed by atoms with Crippen molar-refractivity contribution >= 4 is 5.97 Å². The van der Waals surface area contributed by atoms with Gasteiger partial charge in [-0.05, 0) is 25.1 Å². The number of rotatable bonds is 5. The van der Waals surface area contributed by atoms with Gasteiger partial charge in [0.25, 0.3) is 0 Å². The average Bonchev–Trinajstić information content (AvgIpc) is 2.50. The van der Waals surface area contributed by atoms with E-state index in [-0.39, 0.29) is 12.2 Å². The number of halogens is 1. The second-order valence-electron chi connectivity index (χ2n) is 4.42. The van der Waals surface area contributed by atoms with Gasteiger partial charge in [-0.2, -0.15) is 0 Å². The Hall–Kier alpha value is -2.34. The van der Waals surface area contributed by atoms with Gasteiger partial charge in [-0.15, -0.1) is 0 Å². The maximum Gasteiger partial charge on any atom is 0.338 e. The quantitative estimate of drug-likeness (QED) is 0.792. The van der Waals surface area contributed by atoms with Crippen molar-refractivity contribution < 1.29 is 18.7 Å². The Morgan fingerprint density at radius 3 is 2.86 bits per heavy atom. The summed E-state index contributed by atoms with van der Waals surface area (Å²) in [5.74, 6) is -0.971. The molecule has 1 heterocycles. The fourth-order valence-electron chi connectivity index (χ4n) is 1.78. The molecule has 0 saturated carbocycles. The minimum Gasteiger partial charge on any atom is -0.452 e. The lowest BCUT2D eigenvalue weighted by Gasteiger charge is -2.13. The van der Waals surface area contributed by atoms with Crippen LogP contribution in [-0.4, -0.2) is 23.0 Å². The summed E-state index contributed by atoms with van der Waals surface area (Å²) in [7, 11) is 1.46. The lowest BCUT2D eigenvalue weighted by Crippen LogP contribution is -2.11. The number of benzene rings is 1. The molecule has 0 spiro atoms. The van der Waals surface area contributed by atoms with Crippen LogP contribution in [0.25, 0.3) is 0 Å². The summed E-state index contributed by atoms with van der Waals surface area (Å²) in [6.45, 7) is 1.79. The highest BCUT2D eigenvalue weighted by Crippen LogP contribution is 2.17. The first kappa shape index (κ1) is 15.1. The van der Waals surface area contributed by atoms with Gasteiger partial charge in [0, 0.05) is 25.1 Å². The first-order chi connectivity index (χ1) is 10.1. The summed E-state index contributed by atoms with van der Waals surface area (Å²) >= 11 is 0. The van der Waals surface area contributed by atoms with Gasteiger partial charge in [0.15, 0.2) is 0 Å². The molecule has 0 aliphatic carbocycles. The molecule has 0 bridgehead atoms. The maximum absolute atomic E-state index is 13.5. The molecule has 0 N–H and O–H groups in total. The Bertz CT molecular complexity index is 620. The molecule has 0 aliphatic heterocycles. The highest BCUT2D eigenvalue weighted by molar-refractivity contribution is 5.89. The lowest BCUT2D eigenvalue weighted by molar-refractivity contribution is 0.0328. The van der Waals surface area contributed by atoms with Crippen molar-refractivity contribution in [2.24, 2.45) is 0 Å². The molecule has 0 unspecified atom stereocenters. The minimum atomic E-state index is -0.550.